The van der Waals surface area contributed by atoms with Gasteiger partial charge in [-0.1, -0.05) is 31.5 Å². The van der Waals surface area contributed by atoms with Crippen LogP contribution >= 0.6 is 0 Å². The Bertz CT molecular complexity index is 318. The number of phenolic OH excluding ortho intramolecular Hbond substituents is 1. The highest BCUT2D eigenvalue weighted by Crippen LogP contribution is 2.28. The number of hydrogen-bond donors (Lipinski definition) is 1. The largest absolute Gasteiger partial charge is 0.508 e. The van der Waals surface area contributed by atoms with Crippen molar-refractivity contribution in [2.75, 3.05) is 13.1 Å². The summed E-state index contributed by atoms with van der Waals surface area (Å²) in [6, 6.07) is 6.07. The average molecular weight is 207 g/mol. The summed E-state index contributed by atoms with van der Waals surface area (Å²) in [5, 5.41) is 9.82. The van der Waals surface area contributed by atoms with Crippen molar-refractivity contribution in [2.45, 2.75) is 33.7 Å². The van der Waals surface area contributed by atoms with Gasteiger partial charge in [0.2, 0.25) is 0 Å². The third kappa shape index (κ3) is 2.72. The van der Waals surface area contributed by atoms with E-state index in [4.69, 9.17) is 0 Å². The molecule has 1 atom stereocenters. The summed E-state index contributed by atoms with van der Waals surface area (Å²) in [5.74, 6) is 0.403. The van der Waals surface area contributed by atoms with Crippen molar-refractivity contribution < 1.29 is 5.11 Å². The maximum atomic E-state index is 9.82. The molecule has 2 heteroatoms. The fourth-order valence-corrected chi connectivity index (χ4v) is 1.98. The number of nitrogens with zero attached hydrogens (tertiary/aromatic N) is 1. The van der Waals surface area contributed by atoms with E-state index in [0.717, 1.165) is 18.7 Å². The van der Waals surface area contributed by atoms with Crippen molar-refractivity contribution in [3.05, 3.63) is 29.3 Å². The van der Waals surface area contributed by atoms with Gasteiger partial charge in [-0.3, -0.25) is 4.90 Å². The summed E-state index contributed by atoms with van der Waals surface area (Å²) in [4.78, 5) is 2.33. The van der Waals surface area contributed by atoms with Crippen LogP contribution in [0.1, 0.15) is 37.9 Å². The molecule has 0 radical (unpaired) electrons. The minimum Gasteiger partial charge on any atom is -0.508 e. The number of aryl methyl sites for hydroxylation is 1. The highest BCUT2D eigenvalue weighted by molar-refractivity contribution is 5.37. The summed E-state index contributed by atoms with van der Waals surface area (Å²) in [7, 11) is 0. The highest BCUT2D eigenvalue weighted by Gasteiger charge is 2.15. The number of benzene rings is 1. The predicted octanol–water partition coefficient (Wildman–Crippen LogP) is 3.10. The molecule has 0 fully saturated rings. The fourth-order valence-electron chi connectivity index (χ4n) is 1.98. The fraction of sp³-hybridized carbons (Fsp3) is 0.538. The molecular weight excluding hydrogens is 186 g/mol. The summed E-state index contributed by atoms with van der Waals surface area (Å²) in [6.45, 7) is 10.5. The lowest BCUT2D eigenvalue weighted by Crippen LogP contribution is -2.26. The zero-order valence-electron chi connectivity index (χ0n) is 10.1. The molecule has 0 saturated carbocycles. The molecule has 0 bridgehead atoms. The van der Waals surface area contributed by atoms with Crippen molar-refractivity contribution in [3.8, 4) is 5.75 Å². The first-order valence-corrected chi connectivity index (χ1v) is 5.63. The minimum absolute atomic E-state index is 0.278. The SMILES string of the molecule is CCN(CC)C(C)c1cc(C)ccc1O. The molecule has 1 rings (SSSR count). The molecule has 1 aromatic carbocycles. The van der Waals surface area contributed by atoms with E-state index < -0.39 is 0 Å². The van der Waals surface area contributed by atoms with Crippen LogP contribution in [0.4, 0.5) is 0 Å². The van der Waals surface area contributed by atoms with E-state index in [1.54, 1.807) is 6.07 Å². The molecular formula is C13H21NO. The van der Waals surface area contributed by atoms with Crippen molar-refractivity contribution in [1.82, 2.24) is 4.90 Å². The van der Waals surface area contributed by atoms with Gasteiger partial charge in [-0.15, -0.1) is 0 Å². The van der Waals surface area contributed by atoms with Crippen LogP contribution in [0.5, 0.6) is 5.75 Å². The maximum Gasteiger partial charge on any atom is 0.120 e. The second-order valence-corrected chi connectivity index (χ2v) is 3.96. The highest BCUT2D eigenvalue weighted by atomic mass is 16.3. The molecule has 0 amide bonds. The molecule has 0 aliphatic heterocycles. The van der Waals surface area contributed by atoms with Crippen LogP contribution in [0, 0.1) is 6.92 Å². The molecule has 2 nitrogen and oxygen atoms in total. The van der Waals surface area contributed by atoms with Crippen LogP contribution < -0.4 is 0 Å². The van der Waals surface area contributed by atoms with E-state index in [0.29, 0.717) is 5.75 Å². The van der Waals surface area contributed by atoms with E-state index in [-0.39, 0.29) is 6.04 Å². The lowest BCUT2D eigenvalue weighted by Gasteiger charge is -2.27. The van der Waals surface area contributed by atoms with Gasteiger partial charge in [0.1, 0.15) is 5.75 Å². The molecule has 0 aliphatic rings. The molecule has 0 aromatic heterocycles. The van der Waals surface area contributed by atoms with Gasteiger partial charge >= 0.3 is 0 Å². The quantitative estimate of drug-likeness (QED) is 0.820. The zero-order chi connectivity index (χ0) is 11.4. The number of hydrogen-bond acceptors (Lipinski definition) is 2. The molecule has 15 heavy (non-hydrogen) atoms. The van der Waals surface area contributed by atoms with Crippen LogP contribution in [0.2, 0.25) is 0 Å². The van der Waals surface area contributed by atoms with Crippen LogP contribution in [0.25, 0.3) is 0 Å². The molecule has 0 heterocycles. The average Bonchev–Trinajstić information content (AvgIpc) is 2.23. The Hall–Kier alpha value is -1.02. The van der Waals surface area contributed by atoms with Gasteiger partial charge in [0, 0.05) is 11.6 Å². The monoisotopic (exact) mass is 207 g/mol. The summed E-state index contributed by atoms with van der Waals surface area (Å²) < 4.78 is 0. The van der Waals surface area contributed by atoms with Crippen LogP contribution in [0.15, 0.2) is 18.2 Å². The topological polar surface area (TPSA) is 23.5 Å². The smallest absolute Gasteiger partial charge is 0.120 e. The van der Waals surface area contributed by atoms with Crippen molar-refractivity contribution in [3.63, 3.8) is 0 Å². The Kier molecular flexibility index (Phi) is 4.15. The molecule has 84 valence electrons. The normalized spacial score (nSPS) is 13.1. The van der Waals surface area contributed by atoms with Gasteiger partial charge in [-0.25, -0.2) is 0 Å². The Morgan fingerprint density at radius 3 is 2.40 bits per heavy atom. The number of phenols is 1. The van der Waals surface area contributed by atoms with Gasteiger partial charge < -0.3 is 5.11 Å². The zero-order valence-corrected chi connectivity index (χ0v) is 10.1. The first-order valence-electron chi connectivity index (χ1n) is 5.63. The first kappa shape index (κ1) is 12.1. The third-order valence-corrected chi connectivity index (χ3v) is 2.99. The van der Waals surface area contributed by atoms with Gasteiger partial charge in [-0.2, -0.15) is 0 Å². The van der Waals surface area contributed by atoms with Gasteiger partial charge in [0.05, 0.1) is 0 Å². The van der Waals surface area contributed by atoms with E-state index in [9.17, 15) is 5.11 Å². The Balaban J connectivity index is 2.98. The minimum atomic E-state index is 0.278. The van der Waals surface area contributed by atoms with Gasteiger partial charge in [-0.05, 0) is 33.0 Å². The van der Waals surface area contributed by atoms with Crippen LogP contribution in [-0.2, 0) is 0 Å². The standard InChI is InChI=1S/C13H21NO/c1-5-14(6-2)11(4)12-9-10(3)7-8-13(12)15/h7-9,11,15H,5-6H2,1-4H3. The molecule has 1 unspecified atom stereocenters. The van der Waals surface area contributed by atoms with Crippen LogP contribution in [0.3, 0.4) is 0 Å². The van der Waals surface area contributed by atoms with Crippen molar-refractivity contribution in [2.24, 2.45) is 0 Å². The van der Waals surface area contributed by atoms with Crippen molar-refractivity contribution in [1.29, 1.82) is 0 Å². The number of rotatable bonds is 4. The summed E-state index contributed by atoms with van der Waals surface area (Å²) in [6.07, 6.45) is 0. The first-order chi connectivity index (χ1) is 7.10. The Morgan fingerprint density at radius 2 is 1.87 bits per heavy atom. The van der Waals surface area contributed by atoms with E-state index in [2.05, 4.69) is 38.7 Å². The van der Waals surface area contributed by atoms with Crippen molar-refractivity contribution >= 4 is 0 Å². The second kappa shape index (κ2) is 5.17. The second-order valence-electron chi connectivity index (χ2n) is 3.96. The van der Waals surface area contributed by atoms with E-state index in [1.165, 1.54) is 5.56 Å². The maximum absolute atomic E-state index is 9.82. The summed E-state index contributed by atoms with van der Waals surface area (Å²) in [5.41, 5.74) is 2.22. The Morgan fingerprint density at radius 1 is 1.27 bits per heavy atom. The molecule has 1 aromatic rings. The summed E-state index contributed by atoms with van der Waals surface area (Å²) >= 11 is 0. The molecule has 1 N–H and O–H groups in total. The van der Waals surface area contributed by atoms with Gasteiger partial charge in [0.15, 0.2) is 0 Å². The lowest BCUT2D eigenvalue weighted by molar-refractivity contribution is 0.230. The molecule has 0 spiro atoms. The third-order valence-electron chi connectivity index (χ3n) is 2.99. The molecule has 0 saturated heterocycles. The lowest BCUT2D eigenvalue weighted by atomic mass is 10.0. The predicted molar refractivity (Wildman–Crippen MR) is 64.2 cm³/mol. The molecule has 0 aliphatic carbocycles. The van der Waals surface area contributed by atoms with E-state index in [1.807, 2.05) is 6.07 Å². The van der Waals surface area contributed by atoms with Crippen LogP contribution in [-0.4, -0.2) is 23.1 Å². The van der Waals surface area contributed by atoms with E-state index >= 15 is 0 Å². The number of aromatic hydroxyl groups is 1. The Labute approximate surface area is 92.5 Å². The van der Waals surface area contributed by atoms with Gasteiger partial charge in [0.25, 0.3) is 0 Å².